The second-order valence-electron chi connectivity index (χ2n) is 6.13. The highest BCUT2D eigenvalue weighted by Crippen LogP contribution is 2.32. The molecule has 9 heteroatoms. The van der Waals surface area contributed by atoms with Crippen molar-refractivity contribution in [2.45, 2.75) is 19.8 Å². The summed E-state index contributed by atoms with van der Waals surface area (Å²) in [5, 5.41) is 1.06. The van der Waals surface area contributed by atoms with Crippen molar-refractivity contribution in [3.63, 3.8) is 0 Å². The number of amides is 1. The van der Waals surface area contributed by atoms with Crippen molar-refractivity contribution in [2.24, 2.45) is 11.1 Å². The van der Waals surface area contributed by atoms with Crippen LogP contribution in [0.25, 0.3) is 0 Å². The summed E-state index contributed by atoms with van der Waals surface area (Å²) >= 11 is 1.71. The van der Waals surface area contributed by atoms with E-state index in [0.29, 0.717) is 19.8 Å². The van der Waals surface area contributed by atoms with Gasteiger partial charge in [-0.3, -0.25) is 4.79 Å². The number of piperazine rings is 1. The van der Waals surface area contributed by atoms with Crippen LogP contribution in [0.3, 0.4) is 0 Å². The van der Waals surface area contributed by atoms with Crippen LogP contribution in [0, 0.1) is 12.3 Å². The second-order valence-corrected chi connectivity index (χ2v) is 7.34. The quantitative estimate of drug-likeness (QED) is 0.841. The lowest BCUT2D eigenvalue weighted by molar-refractivity contribution is -0.147. The molecule has 2 N–H and O–H groups in total. The first kappa shape index (κ1) is 21.4. The van der Waals surface area contributed by atoms with Crippen LogP contribution in [-0.4, -0.2) is 61.7 Å². The molecule has 1 aromatic rings. The number of hydrogen-bond donors (Lipinski definition) is 1. The van der Waals surface area contributed by atoms with E-state index in [4.69, 9.17) is 10.5 Å². The minimum Gasteiger partial charge on any atom is -0.381 e. The van der Waals surface area contributed by atoms with Crippen LogP contribution < -0.4 is 10.6 Å². The van der Waals surface area contributed by atoms with Gasteiger partial charge in [0.1, 0.15) is 0 Å². The predicted molar refractivity (Wildman–Crippen MR) is 102 cm³/mol. The Bertz CT molecular complexity index is 529. The summed E-state index contributed by atoms with van der Waals surface area (Å²) in [6.07, 6.45) is 3.39. The standard InChI is InChI=1S/C15H24N4O2S.2ClH/c1-12-10-17-14(22-12)19-6-4-18(5-7-19)13(20)15(11-16)2-8-21-9-3-15;;/h10H,2-9,11,16H2,1H3;2*1H. The van der Waals surface area contributed by atoms with Crippen LogP contribution in [-0.2, 0) is 9.53 Å². The first-order valence-electron chi connectivity index (χ1n) is 7.89. The highest BCUT2D eigenvalue weighted by Gasteiger charge is 2.42. The molecule has 0 unspecified atom stereocenters. The van der Waals surface area contributed by atoms with Crippen molar-refractivity contribution < 1.29 is 9.53 Å². The topological polar surface area (TPSA) is 71.7 Å². The van der Waals surface area contributed by atoms with Crippen LogP contribution in [0.15, 0.2) is 6.20 Å². The van der Waals surface area contributed by atoms with E-state index in [1.807, 2.05) is 11.1 Å². The van der Waals surface area contributed by atoms with E-state index in [9.17, 15) is 4.79 Å². The molecule has 1 aromatic heterocycles. The molecule has 2 aliphatic rings. The third-order valence-corrected chi connectivity index (χ3v) is 5.71. The molecular weight excluding hydrogens is 371 g/mol. The van der Waals surface area contributed by atoms with Crippen LogP contribution in [0.1, 0.15) is 17.7 Å². The van der Waals surface area contributed by atoms with Gasteiger partial charge in [0.15, 0.2) is 5.13 Å². The first-order chi connectivity index (χ1) is 10.6. The Morgan fingerprint density at radius 1 is 1.29 bits per heavy atom. The predicted octanol–water partition coefficient (Wildman–Crippen LogP) is 1.70. The van der Waals surface area contributed by atoms with E-state index in [2.05, 4.69) is 16.8 Å². The zero-order valence-electron chi connectivity index (χ0n) is 13.9. The van der Waals surface area contributed by atoms with Crippen molar-refractivity contribution in [2.75, 3.05) is 50.8 Å². The monoisotopic (exact) mass is 396 g/mol. The Labute approximate surface area is 159 Å². The maximum absolute atomic E-state index is 12.9. The fraction of sp³-hybridized carbons (Fsp3) is 0.733. The Kier molecular flexibility index (Phi) is 8.22. The van der Waals surface area contributed by atoms with Gasteiger partial charge >= 0.3 is 0 Å². The van der Waals surface area contributed by atoms with Crippen molar-refractivity contribution in [3.8, 4) is 0 Å². The molecule has 0 aliphatic carbocycles. The number of rotatable bonds is 3. The highest BCUT2D eigenvalue weighted by atomic mass is 35.5. The zero-order chi connectivity index (χ0) is 15.6. The molecule has 6 nitrogen and oxygen atoms in total. The Morgan fingerprint density at radius 3 is 2.42 bits per heavy atom. The Hall–Kier alpha value is -0.600. The second kappa shape index (κ2) is 9.20. The molecule has 0 atom stereocenters. The van der Waals surface area contributed by atoms with Gasteiger partial charge in [0.2, 0.25) is 5.91 Å². The summed E-state index contributed by atoms with van der Waals surface area (Å²) in [6.45, 7) is 6.95. The molecule has 0 saturated carbocycles. The molecule has 1 amide bonds. The lowest BCUT2D eigenvalue weighted by atomic mass is 9.78. The normalized spacial score (nSPS) is 20.1. The molecule has 0 bridgehead atoms. The van der Waals surface area contributed by atoms with Crippen molar-refractivity contribution in [1.29, 1.82) is 0 Å². The number of anilines is 1. The van der Waals surface area contributed by atoms with Gasteiger partial charge < -0.3 is 20.3 Å². The van der Waals surface area contributed by atoms with E-state index >= 15 is 0 Å². The summed E-state index contributed by atoms with van der Waals surface area (Å²) in [5.41, 5.74) is 5.54. The molecule has 2 saturated heterocycles. The molecule has 2 fully saturated rings. The molecule has 2 aliphatic heterocycles. The number of halogens is 2. The van der Waals surface area contributed by atoms with Gasteiger partial charge in [-0.05, 0) is 19.8 Å². The zero-order valence-corrected chi connectivity index (χ0v) is 16.4. The number of carbonyl (C=O) groups is 1. The van der Waals surface area contributed by atoms with Gasteiger partial charge in [-0.2, -0.15) is 0 Å². The molecule has 0 aromatic carbocycles. The summed E-state index contributed by atoms with van der Waals surface area (Å²) < 4.78 is 5.40. The fourth-order valence-corrected chi connectivity index (χ4v) is 4.00. The van der Waals surface area contributed by atoms with Crippen molar-refractivity contribution in [1.82, 2.24) is 9.88 Å². The minimum atomic E-state index is -0.405. The lowest BCUT2D eigenvalue weighted by Gasteiger charge is -2.42. The van der Waals surface area contributed by atoms with Crippen molar-refractivity contribution in [3.05, 3.63) is 11.1 Å². The van der Waals surface area contributed by atoms with Gasteiger partial charge in [-0.1, -0.05) is 0 Å². The van der Waals surface area contributed by atoms with Gasteiger partial charge in [0.05, 0.1) is 5.41 Å². The molecule has 0 radical (unpaired) electrons. The molecule has 138 valence electrons. The summed E-state index contributed by atoms with van der Waals surface area (Å²) in [4.78, 5) is 22.8. The number of nitrogens with two attached hydrogens (primary N) is 1. The number of aryl methyl sites for hydroxylation is 1. The number of hydrogen-bond acceptors (Lipinski definition) is 6. The maximum Gasteiger partial charge on any atom is 0.230 e. The molecule has 0 spiro atoms. The summed E-state index contributed by atoms with van der Waals surface area (Å²) in [7, 11) is 0. The van der Waals surface area contributed by atoms with E-state index in [1.54, 1.807) is 11.3 Å². The Balaban J connectivity index is 0.00000144. The molecule has 3 heterocycles. The Morgan fingerprint density at radius 2 is 1.92 bits per heavy atom. The van der Waals surface area contributed by atoms with Crippen LogP contribution in [0.4, 0.5) is 5.13 Å². The van der Waals surface area contributed by atoms with Gasteiger partial charge in [0.25, 0.3) is 0 Å². The lowest BCUT2D eigenvalue weighted by Crippen LogP contribution is -2.56. The van der Waals surface area contributed by atoms with E-state index in [-0.39, 0.29) is 30.7 Å². The summed E-state index contributed by atoms with van der Waals surface area (Å²) in [5.74, 6) is 0.216. The highest BCUT2D eigenvalue weighted by molar-refractivity contribution is 7.15. The minimum absolute atomic E-state index is 0. The smallest absolute Gasteiger partial charge is 0.230 e. The van der Waals surface area contributed by atoms with E-state index in [1.165, 1.54) is 4.88 Å². The molecule has 3 rings (SSSR count). The first-order valence-corrected chi connectivity index (χ1v) is 8.71. The SMILES string of the molecule is Cc1cnc(N2CCN(C(=O)C3(CN)CCOCC3)CC2)s1.Cl.Cl. The van der Waals surface area contributed by atoms with Gasteiger partial charge in [0, 0.05) is 57.0 Å². The number of carbonyl (C=O) groups excluding carboxylic acids is 1. The van der Waals surface area contributed by atoms with E-state index in [0.717, 1.165) is 44.2 Å². The maximum atomic E-state index is 12.9. The summed E-state index contributed by atoms with van der Waals surface area (Å²) in [6, 6.07) is 0. The number of nitrogens with zero attached hydrogens (tertiary/aromatic N) is 3. The van der Waals surface area contributed by atoms with Gasteiger partial charge in [-0.25, -0.2) is 4.98 Å². The van der Waals surface area contributed by atoms with Gasteiger partial charge in [-0.15, -0.1) is 36.2 Å². The van der Waals surface area contributed by atoms with Crippen LogP contribution >= 0.6 is 36.2 Å². The number of ether oxygens (including phenoxy) is 1. The van der Waals surface area contributed by atoms with Crippen LogP contribution in [0.5, 0.6) is 0 Å². The molecule has 24 heavy (non-hydrogen) atoms. The van der Waals surface area contributed by atoms with Crippen LogP contribution in [0.2, 0.25) is 0 Å². The van der Waals surface area contributed by atoms with E-state index < -0.39 is 5.41 Å². The third kappa shape index (κ3) is 4.32. The van der Waals surface area contributed by atoms with Crippen molar-refractivity contribution >= 4 is 47.2 Å². The average molecular weight is 397 g/mol. The number of thiazole rings is 1. The average Bonchev–Trinajstić information content (AvgIpc) is 3.01. The number of aromatic nitrogens is 1. The molecular formula is C15H26Cl2N4O2S. The third-order valence-electron chi connectivity index (χ3n) is 4.74. The fourth-order valence-electron chi connectivity index (χ4n) is 3.19. The largest absolute Gasteiger partial charge is 0.381 e.